The van der Waals surface area contributed by atoms with Crippen LogP contribution in [0.5, 0.6) is 0 Å². The number of nitrogen functional groups attached to an aromatic ring is 1. The third kappa shape index (κ3) is 4.43. The van der Waals surface area contributed by atoms with E-state index < -0.39 is 29.2 Å². The molecular formula is C17H19N5O7S3. The number of thiazole rings is 1. The van der Waals surface area contributed by atoms with Crippen LogP contribution < -0.4 is 11.1 Å². The number of aliphatic carboxylic acids is 1. The molecule has 0 aliphatic carbocycles. The molecule has 0 aromatic carbocycles. The first-order valence-corrected chi connectivity index (χ1v) is 12.1. The van der Waals surface area contributed by atoms with Crippen molar-refractivity contribution in [2.75, 3.05) is 38.6 Å². The van der Waals surface area contributed by atoms with Crippen LogP contribution in [0.4, 0.5) is 5.13 Å². The third-order valence-electron chi connectivity index (χ3n) is 4.67. The van der Waals surface area contributed by atoms with Gasteiger partial charge in [-0.1, -0.05) is 5.16 Å². The Morgan fingerprint density at radius 3 is 2.81 bits per heavy atom. The fourth-order valence-corrected chi connectivity index (χ4v) is 6.56. The number of oxime groups is 1. The molecular weight excluding hydrogens is 482 g/mol. The normalized spacial score (nSPS) is 24.1. The number of β-lactam (4-membered cyclic amide) rings is 1. The van der Waals surface area contributed by atoms with Gasteiger partial charge in [0, 0.05) is 16.0 Å². The molecule has 1 aromatic rings. The maximum absolute atomic E-state index is 12.8. The Morgan fingerprint density at radius 2 is 2.19 bits per heavy atom. The first-order valence-electron chi connectivity index (χ1n) is 9.27. The van der Waals surface area contributed by atoms with Crippen molar-refractivity contribution in [2.24, 2.45) is 5.16 Å². The minimum Gasteiger partial charge on any atom is -0.477 e. The van der Waals surface area contributed by atoms with Gasteiger partial charge in [0.05, 0.1) is 18.5 Å². The fourth-order valence-electron chi connectivity index (χ4n) is 3.32. The van der Waals surface area contributed by atoms with Crippen molar-refractivity contribution in [3.05, 3.63) is 21.7 Å². The van der Waals surface area contributed by atoms with Gasteiger partial charge in [-0.05, 0) is 0 Å². The molecule has 1 unspecified atom stereocenters. The van der Waals surface area contributed by atoms with Crippen LogP contribution in [0.1, 0.15) is 5.69 Å². The van der Waals surface area contributed by atoms with Crippen LogP contribution in [0.25, 0.3) is 0 Å². The van der Waals surface area contributed by atoms with Crippen LogP contribution in [0.15, 0.2) is 21.1 Å². The SMILES string of the molecule is CO/N=C(\C(=O)NC1C(=O)N2C(C(=O)O)=C(SC3COCOC3)CS[C@H]12)c1csc(N)n1. The van der Waals surface area contributed by atoms with Crippen molar-refractivity contribution in [3.8, 4) is 0 Å². The molecule has 2 saturated heterocycles. The number of anilines is 1. The van der Waals surface area contributed by atoms with Crippen molar-refractivity contribution in [1.29, 1.82) is 0 Å². The first kappa shape index (κ1) is 22.8. The highest BCUT2D eigenvalue weighted by atomic mass is 32.2. The molecule has 3 aliphatic rings. The molecule has 0 spiro atoms. The Kier molecular flexibility index (Phi) is 6.90. The summed E-state index contributed by atoms with van der Waals surface area (Å²) in [6.07, 6.45) is 0. The van der Waals surface area contributed by atoms with Crippen LogP contribution in [-0.4, -0.2) is 88.0 Å². The number of nitrogens with zero attached hydrogens (tertiary/aromatic N) is 3. The highest BCUT2D eigenvalue weighted by Gasteiger charge is 2.54. The number of nitrogens with one attached hydrogen (secondary N) is 1. The number of hydrogen-bond donors (Lipinski definition) is 3. The van der Waals surface area contributed by atoms with Crippen LogP contribution in [0.2, 0.25) is 0 Å². The summed E-state index contributed by atoms with van der Waals surface area (Å²) in [5.74, 6) is -2.01. The number of amides is 2. The zero-order valence-corrected chi connectivity index (χ0v) is 19.1. The number of ether oxygens (including phenoxy) is 2. The summed E-state index contributed by atoms with van der Waals surface area (Å²) in [4.78, 5) is 48.1. The summed E-state index contributed by atoms with van der Waals surface area (Å²) in [6.45, 7) is 1.08. The van der Waals surface area contributed by atoms with Gasteiger partial charge in [0.25, 0.3) is 11.8 Å². The van der Waals surface area contributed by atoms with E-state index in [-0.39, 0.29) is 34.3 Å². The Labute approximate surface area is 194 Å². The molecule has 15 heteroatoms. The van der Waals surface area contributed by atoms with Crippen molar-refractivity contribution >= 4 is 63.5 Å². The highest BCUT2D eigenvalue weighted by molar-refractivity contribution is 8.06. The van der Waals surface area contributed by atoms with E-state index in [0.717, 1.165) is 11.3 Å². The molecule has 3 aliphatic heterocycles. The van der Waals surface area contributed by atoms with E-state index in [9.17, 15) is 19.5 Å². The van der Waals surface area contributed by atoms with Crippen LogP contribution >= 0.6 is 34.9 Å². The van der Waals surface area contributed by atoms with E-state index >= 15 is 0 Å². The van der Waals surface area contributed by atoms with Gasteiger partial charge in [-0.3, -0.25) is 14.5 Å². The molecule has 12 nitrogen and oxygen atoms in total. The minimum atomic E-state index is -1.20. The zero-order valence-electron chi connectivity index (χ0n) is 16.7. The average Bonchev–Trinajstić information content (AvgIpc) is 3.21. The smallest absolute Gasteiger partial charge is 0.353 e. The predicted octanol–water partition coefficient (Wildman–Crippen LogP) is -0.122. The quantitative estimate of drug-likeness (QED) is 0.259. The van der Waals surface area contributed by atoms with Gasteiger partial charge in [-0.15, -0.1) is 34.9 Å². The molecule has 4 heterocycles. The lowest BCUT2D eigenvalue weighted by Crippen LogP contribution is -2.71. The summed E-state index contributed by atoms with van der Waals surface area (Å²) >= 11 is 3.84. The van der Waals surface area contributed by atoms with Crippen molar-refractivity contribution in [1.82, 2.24) is 15.2 Å². The van der Waals surface area contributed by atoms with Gasteiger partial charge < -0.3 is 30.5 Å². The maximum Gasteiger partial charge on any atom is 0.353 e. The lowest BCUT2D eigenvalue weighted by Gasteiger charge is -2.49. The zero-order chi connectivity index (χ0) is 22.8. The number of hydrogen-bond acceptors (Lipinski definition) is 12. The van der Waals surface area contributed by atoms with Crippen LogP contribution in [0.3, 0.4) is 0 Å². The average molecular weight is 502 g/mol. The molecule has 0 bridgehead atoms. The van der Waals surface area contributed by atoms with E-state index in [4.69, 9.17) is 20.0 Å². The number of nitrogens with two attached hydrogens (primary N) is 1. The molecule has 2 fully saturated rings. The molecule has 0 radical (unpaired) electrons. The molecule has 1 aromatic heterocycles. The van der Waals surface area contributed by atoms with Crippen molar-refractivity contribution in [2.45, 2.75) is 16.7 Å². The molecule has 4 N–H and O–H groups in total. The number of carboxylic acid groups (broad SMARTS) is 1. The second-order valence-corrected chi connectivity index (χ2v) is 10.1. The minimum absolute atomic E-state index is 0.0597. The second kappa shape index (κ2) is 9.66. The first-order chi connectivity index (χ1) is 15.4. The number of rotatable bonds is 7. The molecule has 172 valence electrons. The monoisotopic (exact) mass is 501 g/mol. The topological polar surface area (TPSA) is 166 Å². The lowest BCUT2D eigenvalue weighted by atomic mass is 10.0. The third-order valence-corrected chi connectivity index (χ3v) is 8.03. The number of carbonyl (C=O) groups excluding carboxylic acids is 2. The molecule has 2 amide bonds. The van der Waals surface area contributed by atoms with Crippen LogP contribution in [-0.2, 0) is 28.7 Å². The maximum atomic E-state index is 12.8. The molecule has 32 heavy (non-hydrogen) atoms. The van der Waals surface area contributed by atoms with E-state index in [1.807, 2.05) is 0 Å². The Balaban J connectivity index is 1.49. The summed E-state index contributed by atoms with van der Waals surface area (Å²) in [7, 11) is 1.28. The van der Waals surface area contributed by atoms with Gasteiger partial charge >= 0.3 is 5.97 Å². The van der Waals surface area contributed by atoms with E-state index in [2.05, 4.69) is 15.5 Å². The van der Waals surface area contributed by atoms with Gasteiger partial charge in [0.15, 0.2) is 10.8 Å². The molecule has 4 rings (SSSR count). The predicted molar refractivity (Wildman–Crippen MR) is 118 cm³/mol. The van der Waals surface area contributed by atoms with Crippen molar-refractivity contribution in [3.63, 3.8) is 0 Å². The molecule has 0 saturated carbocycles. The van der Waals surface area contributed by atoms with E-state index in [1.165, 1.54) is 35.5 Å². The largest absolute Gasteiger partial charge is 0.477 e. The fraction of sp³-hybridized carbons (Fsp3) is 0.471. The van der Waals surface area contributed by atoms with E-state index in [0.29, 0.717) is 23.9 Å². The number of aromatic nitrogens is 1. The number of thioether (sulfide) groups is 2. The van der Waals surface area contributed by atoms with E-state index in [1.54, 1.807) is 5.38 Å². The number of carbonyl (C=O) groups is 3. The number of carboxylic acids is 1. The summed E-state index contributed by atoms with van der Waals surface area (Å²) < 4.78 is 10.5. The highest BCUT2D eigenvalue weighted by Crippen LogP contribution is 2.44. The Morgan fingerprint density at radius 1 is 1.44 bits per heavy atom. The van der Waals surface area contributed by atoms with Crippen LogP contribution in [0, 0.1) is 0 Å². The molecule has 2 atom stereocenters. The summed E-state index contributed by atoms with van der Waals surface area (Å²) in [6, 6.07) is -0.909. The van der Waals surface area contributed by atoms with Gasteiger partial charge in [-0.25, -0.2) is 9.78 Å². The Hall–Kier alpha value is -2.33. The van der Waals surface area contributed by atoms with Gasteiger partial charge in [0.1, 0.15) is 36.7 Å². The summed E-state index contributed by atoms with van der Waals surface area (Å²) in [5.41, 5.74) is 5.64. The summed E-state index contributed by atoms with van der Waals surface area (Å²) in [5, 5.41) is 17.3. The Bertz CT molecular complexity index is 991. The number of fused-ring (bicyclic) bond motifs is 1. The van der Waals surface area contributed by atoms with Gasteiger partial charge in [0.2, 0.25) is 0 Å². The lowest BCUT2D eigenvalue weighted by molar-refractivity contribution is -0.150. The van der Waals surface area contributed by atoms with Gasteiger partial charge in [-0.2, -0.15) is 0 Å². The standard InChI is InChI=1S/C17H19N5O7S3/c1-27-21-10(8-4-31-17(18)19-8)13(23)20-11-14(24)22-12(16(25)26)9(5-30-15(11)22)32-7-2-28-6-29-3-7/h4,7,11,15H,2-3,5-6H2,1H3,(H2,18,19)(H,20,23)(H,25,26)/b21-10-/t11?,15-/m1/s1. The second-order valence-electron chi connectivity index (χ2n) is 6.73. The van der Waals surface area contributed by atoms with Crippen molar-refractivity contribution < 1.29 is 33.8 Å².